The first-order valence-electron chi connectivity index (χ1n) is 7.49. The zero-order valence-electron chi connectivity index (χ0n) is 13.1. The van der Waals surface area contributed by atoms with Crippen molar-refractivity contribution < 1.29 is 19.2 Å². The smallest absolute Gasteiger partial charge is 0.313 e. The molecule has 0 unspecified atom stereocenters. The predicted molar refractivity (Wildman–Crippen MR) is 90.1 cm³/mol. The van der Waals surface area contributed by atoms with Gasteiger partial charge >= 0.3 is 5.97 Å². The van der Waals surface area contributed by atoms with E-state index in [4.69, 9.17) is 9.47 Å². The van der Waals surface area contributed by atoms with Gasteiger partial charge in [-0.15, -0.1) is 0 Å². The molecule has 2 aromatic carbocycles. The molecule has 0 aliphatic rings. The molecule has 0 atom stereocenters. The Balaban J connectivity index is 1.67. The first-order chi connectivity index (χ1) is 12.1. The van der Waals surface area contributed by atoms with Gasteiger partial charge in [0.05, 0.1) is 16.7 Å². The number of carbonyl (C=O) groups is 1. The van der Waals surface area contributed by atoms with Crippen LogP contribution in [0.4, 0.5) is 5.69 Å². The van der Waals surface area contributed by atoms with Gasteiger partial charge in [-0.1, -0.05) is 30.3 Å². The third-order valence-electron chi connectivity index (χ3n) is 3.53. The number of hydrogen-bond donors (Lipinski definition) is 0. The molecule has 3 aromatic rings. The molecule has 0 amide bonds. The summed E-state index contributed by atoms with van der Waals surface area (Å²) in [5, 5.41) is 11.4. The highest BCUT2D eigenvalue weighted by Gasteiger charge is 2.16. The zero-order chi connectivity index (χ0) is 17.6. The van der Waals surface area contributed by atoms with E-state index < -0.39 is 10.9 Å². The molecule has 0 bridgehead atoms. The number of benzene rings is 2. The maximum atomic E-state index is 11.8. The lowest BCUT2D eigenvalue weighted by Gasteiger charge is -2.09. The Morgan fingerprint density at radius 3 is 2.64 bits per heavy atom. The van der Waals surface area contributed by atoms with Gasteiger partial charge in [-0.2, -0.15) is 0 Å². The Labute approximate surface area is 143 Å². The van der Waals surface area contributed by atoms with Crippen LogP contribution in [0.3, 0.4) is 0 Å². The second-order valence-corrected chi connectivity index (χ2v) is 5.18. The van der Waals surface area contributed by atoms with Crippen LogP contribution in [0.15, 0.2) is 60.8 Å². The van der Waals surface area contributed by atoms with E-state index in [0.717, 1.165) is 5.56 Å². The first kappa shape index (κ1) is 16.4. The standard InChI is InChI=1S/C18H14N2O5/c21-17(11-13-5-2-1-3-6-13)25-12-24-16-9-8-15(20(22)23)14-7-4-10-19-18(14)16/h1-10H,11-12H2. The van der Waals surface area contributed by atoms with Crippen molar-refractivity contribution in [2.24, 2.45) is 0 Å². The molecule has 1 heterocycles. The number of nitro groups is 1. The largest absolute Gasteiger partial charge is 0.455 e. The minimum Gasteiger partial charge on any atom is -0.455 e. The van der Waals surface area contributed by atoms with Crippen molar-refractivity contribution in [3.05, 3.63) is 76.5 Å². The van der Waals surface area contributed by atoms with E-state index in [0.29, 0.717) is 16.7 Å². The molecule has 7 heteroatoms. The molecule has 3 rings (SSSR count). The number of hydrogen-bond acceptors (Lipinski definition) is 6. The quantitative estimate of drug-likeness (QED) is 0.296. The Morgan fingerprint density at radius 1 is 1.08 bits per heavy atom. The summed E-state index contributed by atoms with van der Waals surface area (Å²) in [5.74, 6) is -0.112. The van der Waals surface area contributed by atoms with Crippen LogP contribution in [-0.2, 0) is 16.0 Å². The van der Waals surface area contributed by atoms with Crippen molar-refractivity contribution in [2.75, 3.05) is 6.79 Å². The minimum atomic E-state index is -0.478. The lowest BCUT2D eigenvalue weighted by molar-refractivity contribution is -0.383. The van der Waals surface area contributed by atoms with Crippen LogP contribution >= 0.6 is 0 Å². The van der Waals surface area contributed by atoms with Crippen molar-refractivity contribution in [2.45, 2.75) is 6.42 Å². The van der Waals surface area contributed by atoms with E-state index >= 15 is 0 Å². The number of aromatic nitrogens is 1. The van der Waals surface area contributed by atoms with Crippen molar-refractivity contribution in [1.29, 1.82) is 0 Å². The SMILES string of the molecule is O=C(Cc1ccccc1)OCOc1ccc([N+](=O)[O-])c2cccnc12. The van der Waals surface area contributed by atoms with E-state index in [1.54, 1.807) is 12.1 Å². The topological polar surface area (TPSA) is 91.6 Å². The maximum Gasteiger partial charge on any atom is 0.313 e. The number of nitro benzene ring substituents is 1. The highest BCUT2D eigenvalue weighted by atomic mass is 16.7. The van der Waals surface area contributed by atoms with Gasteiger partial charge in [0.25, 0.3) is 5.69 Å². The molecule has 0 radical (unpaired) electrons. The number of ether oxygens (including phenoxy) is 2. The van der Waals surface area contributed by atoms with E-state index in [9.17, 15) is 14.9 Å². The lowest BCUT2D eigenvalue weighted by Crippen LogP contribution is -2.12. The zero-order valence-corrected chi connectivity index (χ0v) is 13.1. The van der Waals surface area contributed by atoms with E-state index in [1.165, 1.54) is 18.3 Å². The molecule has 0 spiro atoms. The molecule has 0 saturated carbocycles. The Hall–Kier alpha value is -3.48. The van der Waals surface area contributed by atoms with Crippen LogP contribution < -0.4 is 4.74 Å². The Bertz CT molecular complexity index is 912. The van der Waals surface area contributed by atoms with Crippen LogP contribution in [-0.4, -0.2) is 22.7 Å². The molecule has 0 N–H and O–H groups in total. The third-order valence-corrected chi connectivity index (χ3v) is 3.53. The fraction of sp³-hybridized carbons (Fsp3) is 0.111. The van der Waals surface area contributed by atoms with E-state index in [1.807, 2.05) is 30.3 Å². The van der Waals surface area contributed by atoms with Crippen LogP contribution in [0, 0.1) is 10.1 Å². The molecule has 25 heavy (non-hydrogen) atoms. The lowest BCUT2D eigenvalue weighted by atomic mass is 10.1. The Morgan fingerprint density at radius 2 is 1.88 bits per heavy atom. The summed E-state index contributed by atoms with van der Waals surface area (Å²) in [4.78, 5) is 26.5. The second-order valence-electron chi connectivity index (χ2n) is 5.18. The summed E-state index contributed by atoms with van der Waals surface area (Å²) in [6.45, 7) is -0.296. The van der Waals surface area contributed by atoms with E-state index in [-0.39, 0.29) is 18.9 Å². The average molecular weight is 338 g/mol. The van der Waals surface area contributed by atoms with Crippen molar-refractivity contribution in [1.82, 2.24) is 4.98 Å². The number of non-ortho nitro benzene ring substituents is 1. The normalized spacial score (nSPS) is 10.4. The van der Waals surface area contributed by atoms with Gasteiger partial charge in [0.15, 0.2) is 0 Å². The molecular weight excluding hydrogens is 324 g/mol. The average Bonchev–Trinajstić information content (AvgIpc) is 2.62. The van der Waals surface area contributed by atoms with Crippen molar-refractivity contribution >= 4 is 22.6 Å². The van der Waals surface area contributed by atoms with Crippen LogP contribution in [0.2, 0.25) is 0 Å². The van der Waals surface area contributed by atoms with Gasteiger partial charge in [0.2, 0.25) is 6.79 Å². The number of pyridine rings is 1. The fourth-order valence-electron chi connectivity index (χ4n) is 2.38. The van der Waals surface area contributed by atoms with Gasteiger partial charge in [-0.05, 0) is 23.8 Å². The van der Waals surface area contributed by atoms with Crippen LogP contribution in [0.25, 0.3) is 10.9 Å². The minimum absolute atomic E-state index is 0.0588. The van der Waals surface area contributed by atoms with Crippen molar-refractivity contribution in [3.8, 4) is 5.75 Å². The Kier molecular flexibility index (Phi) is 4.84. The monoisotopic (exact) mass is 338 g/mol. The van der Waals surface area contributed by atoms with Crippen molar-refractivity contribution in [3.63, 3.8) is 0 Å². The second kappa shape index (κ2) is 7.39. The molecule has 7 nitrogen and oxygen atoms in total. The highest BCUT2D eigenvalue weighted by molar-refractivity contribution is 5.92. The summed E-state index contributed by atoms with van der Waals surface area (Å²) in [6, 6.07) is 15.2. The summed E-state index contributed by atoms with van der Waals surface area (Å²) >= 11 is 0. The van der Waals surface area contributed by atoms with Gasteiger partial charge < -0.3 is 9.47 Å². The fourth-order valence-corrected chi connectivity index (χ4v) is 2.38. The number of esters is 1. The summed E-state index contributed by atoms with van der Waals surface area (Å²) < 4.78 is 10.5. The number of nitrogens with zero attached hydrogens (tertiary/aromatic N) is 2. The summed E-state index contributed by atoms with van der Waals surface area (Å²) in [7, 11) is 0. The van der Waals surface area contributed by atoms with Gasteiger partial charge in [-0.25, -0.2) is 0 Å². The third kappa shape index (κ3) is 3.89. The van der Waals surface area contributed by atoms with Gasteiger partial charge in [0.1, 0.15) is 11.3 Å². The van der Waals surface area contributed by atoms with E-state index in [2.05, 4.69) is 4.98 Å². The molecule has 0 saturated heterocycles. The van der Waals surface area contributed by atoms with Crippen LogP contribution in [0.1, 0.15) is 5.56 Å². The molecule has 0 aliphatic heterocycles. The molecule has 0 aliphatic carbocycles. The summed E-state index contributed by atoms with van der Waals surface area (Å²) in [5.41, 5.74) is 1.13. The maximum absolute atomic E-state index is 11.8. The first-order valence-corrected chi connectivity index (χ1v) is 7.49. The molecule has 0 fully saturated rings. The predicted octanol–water partition coefficient (Wildman–Crippen LogP) is 3.27. The number of fused-ring (bicyclic) bond motifs is 1. The molecule has 1 aromatic heterocycles. The van der Waals surface area contributed by atoms with Gasteiger partial charge in [-0.3, -0.25) is 19.9 Å². The molecular formula is C18H14N2O5. The highest BCUT2D eigenvalue weighted by Crippen LogP contribution is 2.31. The number of carbonyl (C=O) groups excluding carboxylic acids is 1. The summed E-state index contributed by atoms with van der Waals surface area (Å²) in [6.07, 6.45) is 1.66. The molecule has 126 valence electrons. The van der Waals surface area contributed by atoms with Gasteiger partial charge in [0, 0.05) is 12.3 Å². The van der Waals surface area contributed by atoms with Crippen LogP contribution in [0.5, 0.6) is 5.75 Å². The number of rotatable bonds is 6.